The van der Waals surface area contributed by atoms with Crippen molar-refractivity contribution < 1.29 is 9.18 Å². The second kappa shape index (κ2) is 5.89. The summed E-state index contributed by atoms with van der Waals surface area (Å²) >= 11 is 0. The smallest absolute Gasteiger partial charge is 0.319 e. The van der Waals surface area contributed by atoms with E-state index >= 15 is 0 Å². The summed E-state index contributed by atoms with van der Waals surface area (Å²) in [6, 6.07) is 2.41. The fraction of sp³-hybridized carbons (Fsp3) is 0.273. The van der Waals surface area contributed by atoms with Gasteiger partial charge in [0.05, 0.1) is 12.2 Å². The van der Waals surface area contributed by atoms with E-state index in [0.717, 1.165) is 0 Å². The summed E-state index contributed by atoms with van der Waals surface area (Å²) in [4.78, 5) is 19.1. The number of aromatic nitrogens is 4. The Hall–Kier alpha value is -2.51. The van der Waals surface area contributed by atoms with Gasteiger partial charge in [-0.25, -0.2) is 14.8 Å². The summed E-state index contributed by atoms with van der Waals surface area (Å²) in [6.07, 6.45) is 2.02. The van der Waals surface area contributed by atoms with Crippen LogP contribution < -0.4 is 10.6 Å². The largest absolute Gasteiger partial charge is 0.331 e. The van der Waals surface area contributed by atoms with Gasteiger partial charge in [0.15, 0.2) is 5.82 Å². The molecule has 2 heterocycles. The van der Waals surface area contributed by atoms with Crippen molar-refractivity contribution in [1.29, 1.82) is 0 Å². The van der Waals surface area contributed by atoms with Crippen LogP contribution in [-0.4, -0.2) is 26.2 Å². The molecule has 0 saturated heterocycles. The van der Waals surface area contributed by atoms with Gasteiger partial charge in [0, 0.05) is 12.6 Å². The van der Waals surface area contributed by atoms with Crippen LogP contribution in [0.2, 0.25) is 0 Å². The molecule has 100 valence electrons. The van der Waals surface area contributed by atoms with Crippen molar-refractivity contribution in [3.05, 3.63) is 35.9 Å². The number of pyridine rings is 1. The van der Waals surface area contributed by atoms with E-state index in [9.17, 15) is 9.18 Å². The lowest BCUT2D eigenvalue weighted by molar-refractivity contribution is 0.251. The molecule has 2 amide bonds. The molecular weight excluding hydrogens is 251 g/mol. The Kier molecular flexibility index (Phi) is 4.01. The minimum atomic E-state index is -0.731. The first-order valence-corrected chi connectivity index (χ1v) is 5.74. The van der Waals surface area contributed by atoms with Gasteiger partial charge >= 0.3 is 6.03 Å². The number of H-pyrrole nitrogens is 1. The normalized spacial score (nSPS) is 10.2. The van der Waals surface area contributed by atoms with Gasteiger partial charge in [-0.3, -0.25) is 5.10 Å². The zero-order valence-corrected chi connectivity index (χ0v) is 10.3. The van der Waals surface area contributed by atoms with E-state index in [1.807, 2.05) is 6.92 Å². The van der Waals surface area contributed by atoms with Crippen LogP contribution in [0.1, 0.15) is 18.6 Å². The molecule has 0 saturated carbocycles. The fourth-order valence-corrected chi connectivity index (χ4v) is 1.38. The van der Waals surface area contributed by atoms with Gasteiger partial charge in [-0.1, -0.05) is 6.92 Å². The van der Waals surface area contributed by atoms with E-state index < -0.39 is 12.0 Å². The third kappa shape index (κ3) is 3.47. The molecule has 0 bridgehead atoms. The number of rotatable bonds is 4. The molecule has 8 heteroatoms. The van der Waals surface area contributed by atoms with Gasteiger partial charge in [0.1, 0.15) is 5.82 Å². The average molecular weight is 264 g/mol. The molecular formula is C11H13FN6O. The molecule has 0 aliphatic carbocycles. The van der Waals surface area contributed by atoms with Crippen molar-refractivity contribution in [2.75, 3.05) is 5.32 Å². The summed E-state index contributed by atoms with van der Waals surface area (Å²) < 4.78 is 13.2. The zero-order valence-electron chi connectivity index (χ0n) is 10.3. The molecule has 0 aliphatic rings. The maximum atomic E-state index is 13.2. The van der Waals surface area contributed by atoms with Crippen LogP contribution in [0.25, 0.3) is 0 Å². The van der Waals surface area contributed by atoms with Gasteiger partial charge in [-0.15, -0.1) is 0 Å². The summed E-state index contributed by atoms with van der Waals surface area (Å²) in [5.74, 6) is 0.486. The topological polar surface area (TPSA) is 95.6 Å². The Morgan fingerprint density at radius 2 is 2.37 bits per heavy atom. The highest BCUT2D eigenvalue weighted by Crippen LogP contribution is 2.08. The van der Waals surface area contributed by atoms with Crippen LogP contribution in [0.3, 0.4) is 0 Å². The highest BCUT2D eigenvalue weighted by atomic mass is 19.1. The quantitative estimate of drug-likeness (QED) is 0.723. The van der Waals surface area contributed by atoms with Gasteiger partial charge in [0.25, 0.3) is 0 Å². The van der Waals surface area contributed by atoms with Crippen molar-refractivity contribution >= 4 is 11.7 Å². The molecule has 0 unspecified atom stereocenters. The highest BCUT2D eigenvalue weighted by molar-refractivity contribution is 5.88. The standard InChI is InChI=1S/C11H13FN6O/c1-2-8-16-9(18-17-8)6-14-11(19)15-7-4-3-5-13-10(7)12/h3-5H,2,6H2,1H3,(H2,14,15,19)(H,16,17,18). The molecule has 2 rings (SSSR count). The van der Waals surface area contributed by atoms with E-state index in [4.69, 9.17) is 0 Å². The van der Waals surface area contributed by atoms with Gasteiger partial charge < -0.3 is 10.6 Å². The van der Waals surface area contributed by atoms with Gasteiger partial charge in [-0.05, 0) is 12.1 Å². The van der Waals surface area contributed by atoms with Crippen LogP contribution in [0.4, 0.5) is 14.9 Å². The lowest BCUT2D eigenvalue weighted by atomic mass is 10.4. The average Bonchev–Trinajstić information content (AvgIpc) is 2.87. The number of halogens is 1. The number of hydrogen-bond donors (Lipinski definition) is 3. The SMILES string of the molecule is CCc1n[nH]c(CNC(=O)Nc2cccnc2F)n1. The van der Waals surface area contributed by atoms with Gasteiger partial charge in [-0.2, -0.15) is 9.49 Å². The Bertz CT molecular complexity index is 570. The summed E-state index contributed by atoms with van der Waals surface area (Å²) in [7, 11) is 0. The Balaban J connectivity index is 1.86. The van der Waals surface area contributed by atoms with Crippen LogP contribution in [-0.2, 0) is 13.0 Å². The molecule has 2 aromatic rings. The number of amides is 2. The lowest BCUT2D eigenvalue weighted by Crippen LogP contribution is -2.29. The first kappa shape index (κ1) is 12.9. The number of urea groups is 1. The first-order chi connectivity index (χ1) is 9.19. The Labute approximate surface area is 108 Å². The molecule has 0 fully saturated rings. The first-order valence-electron chi connectivity index (χ1n) is 5.74. The number of aromatic amines is 1. The third-order valence-electron chi connectivity index (χ3n) is 2.32. The molecule has 0 aromatic carbocycles. The Morgan fingerprint density at radius 3 is 3.05 bits per heavy atom. The molecule has 0 aliphatic heterocycles. The third-order valence-corrected chi connectivity index (χ3v) is 2.32. The zero-order chi connectivity index (χ0) is 13.7. The van der Waals surface area contributed by atoms with E-state index in [2.05, 4.69) is 30.8 Å². The van der Waals surface area contributed by atoms with E-state index in [1.165, 1.54) is 18.3 Å². The van der Waals surface area contributed by atoms with Crippen LogP contribution in [0.15, 0.2) is 18.3 Å². The van der Waals surface area contributed by atoms with E-state index in [-0.39, 0.29) is 12.2 Å². The van der Waals surface area contributed by atoms with Crippen molar-refractivity contribution in [1.82, 2.24) is 25.5 Å². The minimum absolute atomic E-state index is 0.0202. The molecule has 0 atom stereocenters. The van der Waals surface area contributed by atoms with Gasteiger partial charge in [0.2, 0.25) is 5.95 Å². The van der Waals surface area contributed by atoms with Crippen molar-refractivity contribution in [3.63, 3.8) is 0 Å². The maximum Gasteiger partial charge on any atom is 0.319 e. The van der Waals surface area contributed by atoms with Crippen molar-refractivity contribution in [2.24, 2.45) is 0 Å². The van der Waals surface area contributed by atoms with Crippen LogP contribution in [0, 0.1) is 5.95 Å². The molecule has 3 N–H and O–H groups in total. The van der Waals surface area contributed by atoms with Crippen molar-refractivity contribution in [2.45, 2.75) is 19.9 Å². The Morgan fingerprint density at radius 1 is 1.53 bits per heavy atom. The number of nitrogens with zero attached hydrogens (tertiary/aromatic N) is 3. The molecule has 0 radical (unpaired) electrons. The minimum Gasteiger partial charge on any atom is -0.331 e. The van der Waals surface area contributed by atoms with Crippen LogP contribution >= 0.6 is 0 Å². The number of anilines is 1. The molecule has 7 nitrogen and oxygen atoms in total. The van der Waals surface area contributed by atoms with Crippen LogP contribution in [0.5, 0.6) is 0 Å². The molecule has 0 spiro atoms. The second-order valence-corrected chi connectivity index (χ2v) is 3.70. The number of hydrogen-bond acceptors (Lipinski definition) is 4. The molecule has 19 heavy (non-hydrogen) atoms. The fourth-order valence-electron chi connectivity index (χ4n) is 1.38. The maximum absolute atomic E-state index is 13.2. The predicted molar refractivity (Wildman–Crippen MR) is 65.8 cm³/mol. The number of carbonyl (C=O) groups excluding carboxylic acids is 1. The second-order valence-electron chi connectivity index (χ2n) is 3.70. The predicted octanol–water partition coefficient (Wildman–Crippen LogP) is 1.22. The number of aryl methyl sites for hydroxylation is 1. The number of nitrogens with one attached hydrogen (secondary N) is 3. The summed E-state index contributed by atoms with van der Waals surface area (Å²) in [5, 5.41) is 11.5. The summed E-state index contributed by atoms with van der Waals surface area (Å²) in [5.41, 5.74) is 0.0202. The molecule has 2 aromatic heterocycles. The lowest BCUT2D eigenvalue weighted by Gasteiger charge is -2.06. The van der Waals surface area contributed by atoms with E-state index in [1.54, 1.807) is 0 Å². The highest BCUT2D eigenvalue weighted by Gasteiger charge is 2.07. The van der Waals surface area contributed by atoms with E-state index in [0.29, 0.717) is 18.1 Å². The monoisotopic (exact) mass is 264 g/mol. The summed E-state index contributed by atoms with van der Waals surface area (Å²) in [6.45, 7) is 2.11. The number of carbonyl (C=O) groups is 1. The van der Waals surface area contributed by atoms with Crippen molar-refractivity contribution in [3.8, 4) is 0 Å².